The van der Waals surface area contributed by atoms with Gasteiger partial charge < -0.3 is 9.84 Å². The summed E-state index contributed by atoms with van der Waals surface area (Å²) in [4.78, 5) is 0.330. The molecule has 0 aliphatic carbocycles. The molecule has 5 nitrogen and oxygen atoms in total. The molecule has 0 fully saturated rings. The van der Waals surface area contributed by atoms with Gasteiger partial charge in [-0.1, -0.05) is 23.8 Å². The standard InChI is InChI=1S/C19H23NO4S/c1-12-4-7-18(13(2)8-12)25(22,23)19-10-14-9-15(24-3)5-6-16(14)17(21)11-20-19/h4-9,17,19-21H,10-11H2,1-3H3. The van der Waals surface area contributed by atoms with E-state index in [1.54, 1.807) is 31.4 Å². The van der Waals surface area contributed by atoms with Crippen LogP contribution < -0.4 is 10.1 Å². The average molecular weight is 361 g/mol. The number of methoxy groups -OCH3 is 1. The molecule has 6 heteroatoms. The van der Waals surface area contributed by atoms with Gasteiger partial charge in [0.1, 0.15) is 11.1 Å². The summed E-state index contributed by atoms with van der Waals surface area (Å²) < 4.78 is 31.6. The lowest BCUT2D eigenvalue weighted by Crippen LogP contribution is -2.39. The molecule has 1 heterocycles. The maximum Gasteiger partial charge on any atom is 0.194 e. The highest BCUT2D eigenvalue weighted by Crippen LogP contribution is 2.30. The summed E-state index contributed by atoms with van der Waals surface area (Å²) in [5.74, 6) is 0.649. The summed E-state index contributed by atoms with van der Waals surface area (Å²) in [6.07, 6.45) is -0.473. The van der Waals surface area contributed by atoms with Crippen molar-refractivity contribution in [3.8, 4) is 5.75 Å². The zero-order valence-electron chi connectivity index (χ0n) is 14.6. The van der Waals surface area contributed by atoms with Crippen LogP contribution in [0.5, 0.6) is 5.75 Å². The van der Waals surface area contributed by atoms with E-state index in [4.69, 9.17) is 4.74 Å². The van der Waals surface area contributed by atoms with Crippen LogP contribution in [0.2, 0.25) is 0 Å². The van der Waals surface area contributed by atoms with Crippen molar-refractivity contribution in [2.75, 3.05) is 13.7 Å². The fraction of sp³-hybridized carbons (Fsp3) is 0.368. The Morgan fingerprint density at radius 1 is 1.16 bits per heavy atom. The Hall–Kier alpha value is -1.89. The van der Waals surface area contributed by atoms with E-state index < -0.39 is 21.3 Å². The molecule has 0 amide bonds. The maximum atomic E-state index is 13.2. The van der Waals surface area contributed by atoms with Gasteiger partial charge in [-0.05, 0) is 48.7 Å². The molecule has 3 rings (SSSR count). The third kappa shape index (κ3) is 3.42. The van der Waals surface area contributed by atoms with E-state index in [0.29, 0.717) is 10.6 Å². The zero-order chi connectivity index (χ0) is 18.2. The van der Waals surface area contributed by atoms with Gasteiger partial charge in [-0.25, -0.2) is 8.42 Å². The smallest absolute Gasteiger partial charge is 0.194 e. The van der Waals surface area contributed by atoms with E-state index in [0.717, 1.165) is 22.3 Å². The van der Waals surface area contributed by atoms with Gasteiger partial charge in [0, 0.05) is 13.0 Å². The number of hydrogen-bond acceptors (Lipinski definition) is 5. The average Bonchev–Trinajstić information content (AvgIpc) is 2.73. The minimum absolute atomic E-state index is 0.189. The number of benzene rings is 2. The van der Waals surface area contributed by atoms with Crippen LogP contribution in [0, 0.1) is 13.8 Å². The fourth-order valence-corrected chi connectivity index (χ4v) is 5.11. The SMILES string of the molecule is COc1ccc2c(c1)CC(S(=O)(=O)c1ccc(C)cc1C)NCC2O. The Bertz CT molecular complexity index is 892. The van der Waals surface area contributed by atoms with Crippen LogP contribution in [0.15, 0.2) is 41.3 Å². The van der Waals surface area contributed by atoms with E-state index >= 15 is 0 Å². The molecular formula is C19H23NO4S. The molecule has 0 saturated heterocycles. The highest BCUT2D eigenvalue weighted by atomic mass is 32.2. The topological polar surface area (TPSA) is 75.6 Å². The number of aryl methyl sites for hydroxylation is 2. The van der Waals surface area contributed by atoms with Crippen LogP contribution in [0.25, 0.3) is 0 Å². The fourth-order valence-electron chi connectivity index (χ4n) is 3.33. The van der Waals surface area contributed by atoms with Gasteiger partial charge in [0.2, 0.25) is 0 Å². The second kappa shape index (κ2) is 6.78. The van der Waals surface area contributed by atoms with Crippen LogP contribution in [0.3, 0.4) is 0 Å². The molecule has 1 aliphatic rings. The van der Waals surface area contributed by atoms with Crippen LogP contribution >= 0.6 is 0 Å². The Labute approximate surface area is 148 Å². The van der Waals surface area contributed by atoms with Crippen molar-refractivity contribution in [3.63, 3.8) is 0 Å². The van der Waals surface area contributed by atoms with E-state index in [-0.39, 0.29) is 13.0 Å². The number of nitrogens with one attached hydrogen (secondary N) is 1. The summed E-state index contributed by atoms with van der Waals surface area (Å²) in [6, 6.07) is 10.7. The summed E-state index contributed by atoms with van der Waals surface area (Å²) in [6.45, 7) is 3.93. The Kier molecular flexibility index (Phi) is 4.86. The van der Waals surface area contributed by atoms with Crippen LogP contribution in [0.4, 0.5) is 0 Å². The summed E-state index contributed by atoms with van der Waals surface area (Å²) in [5.41, 5.74) is 3.29. The number of aliphatic hydroxyl groups excluding tert-OH is 1. The first-order chi connectivity index (χ1) is 11.8. The van der Waals surface area contributed by atoms with Crippen LogP contribution in [0.1, 0.15) is 28.4 Å². The molecule has 0 radical (unpaired) electrons. The predicted molar refractivity (Wildman–Crippen MR) is 96.6 cm³/mol. The van der Waals surface area contributed by atoms with Crippen molar-refractivity contribution in [1.82, 2.24) is 5.32 Å². The molecule has 134 valence electrons. The number of ether oxygens (including phenoxy) is 1. The number of hydrogen-bond donors (Lipinski definition) is 2. The van der Waals surface area contributed by atoms with E-state index in [2.05, 4.69) is 5.32 Å². The van der Waals surface area contributed by atoms with E-state index in [9.17, 15) is 13.5 Å². The van der Waals surface area contributed by atoms with Gasteiger partial charge in [0.05, 0.1) is 18.1 Å². The molecule has 1 aliphatic heterocycles. The predicted octanol–water partition coefficient (Wildman–Crippen LogP) is 2.29. The summed E-state index contributed by atoms with van der Waals surface area (Å²) >= 11 is 0. The van der Waals surface area contributed by atoms with Crippen molar-refractivity contribution >= 4 is 9.84 Å². The number of rotatable bonds is 3. The molecule has 2 N–H and O–H groups in total. The number of β-amino-alcohol motifs (C(OH)–C–C–N with tert-alkyl or cyclic N) is 1. The summed E-state index contributed by atoms with van der Waals surface area (Å²) in [5, 5.41) is 12.6. The number of aliphatic hydroxyl groups is 1. The highest BCUT2D eigenvalue weighted by Gasteiger charge is 2.33. The molecule has 25 heavy (non-hydrogen) atoms. The lowest BCUT2D eigenvalue weighted by Gasteiger charge is -2.19. The van der Waals surface area contributed by atoms with Crippen molar-refractivity contribution in [1.29, 1.82) is 0 Å². The van der Waals surface area contributed by atoms with Crippen molar-refractivity contribution in [2.24, 2.45) is 0 Å². The third-order valence-corrected chi connectivity index (χ3v) is 6.82. The van der Waals surface area contributed by atoms with E-state index in [1.807, 2.05) is 26.0 Å². The monoisotopic (exact) mass is 361 g/mol. The van der Waals surface area contributed by atoms with E-state index in [1.165, 1.54) is 0 Å². The molecule has 2 aromatic carbocycles. The normalized spacial score (nSPS) is 20.6. The lowest BCUT2D eigenvalue weighted by molar-refractivity contribution is 0.176. The Balaban J connectivity index is 2.02. The molecule has 0 spiro atoms. The second-order valence-corrected chi connectivity index (χ2v) is 8.59. The maximum absolute atomic E-state index is 13.2. The second-order valence-electron chi connectivity index (χ2n) is 6.50. The number of sulfone groups is 1. The summed E-state index contributed by atoms with van der Waals surface area (Å²) in [7, 11) is -2.02. The largest absolute Gasteiger partial charge is 0.497 e. The lowest BCUT2D eigenvalue weighted by atomic mass is 10.0. The molecule has 2 aromatic rings. The molecule has 2 atom stereocenters. The zero-order valence-corrected chi connectivity index (χ0v) is 15.4. The first kappa shape index (κ1) is 17.9. The van der Waals surface area contributed by atoms with Crippen molar-refractivity contribution < 1.29 is 18.3 Å². The minimum Gasteiger partial charge on any atom is -0.497 e. The number of fused-ring (bicyclic) bond motifs is 1. The quantitative estimate of drug-likeness (QED) is 0.877. The highest BCUT2D eigenvalue weighted by molar-refractivity contribution is 7.92. The van der Waals surface area contributed by atoms with Gasteiger partial charge in [-0.2, -0.15) is 0 Å². The minimum atomic E-state index is -3.58. The van der Waals surface area contributed by atoms with Gasteiger partial charge >= 0.3 is 0 Å². The molecular weight excluding hydrogens is 338 g/mol. The molecule has 0 aromatic heterocycles. The van der Waals surface area contributed by atoms with Gasteiger partial charge in [-0.3, -0.25) is 5.32 Å². The van der Waals surface area contributed by atoms with Crippen LogP contribution in [-0.4, -0.2) is 32.6 Å². The van der Waals surface area contributed by atoms with Gasteiger partial charge in [0.25, 0.3) is 0 Å². The molecule has 0 bridgehead atoms. The first-order valence-corrected chi connectivity index (χ1v) is 9.77. The Morgan fingerprint density at radius 2 is 1.92 bits per heavy atom. The molecule has 2 unspecified atom stereocenters. The van der Waals surface area contributed by atoms with Crippen molar-refractivity contribution in [2.45, 2.75) is 36.6 Å². The Morgan fingerprint density at radius 3 is 2.60 bits per heavy atom. The first-order valence-electron chi connectivity index (χ1n) is 8.22. The van der Waals surface area contributed by atoms with Crippen LogP contribution in [-0.2, 0) is 16.3 Å². The van der Waals surface area contributed by atoms with Gasteiger partial charge in [0.15, 0.2) is 9.84 Å². The van der Waals surface area contributed by atoms with Gasteiger partial charge in [-0.15, -0.1) is 0 Å². The van der Waals surface area contributed by atoms with Crippen molar-refractivity contribution in [3.05, 3.63) is 58.7 Å². The molecule has 0 saturated carbocycles. The third-order valence-electron chi connectivity index (χ3n) is 4.66.